The number of methoxy groups -OCH3 is 1. The Morgan fingerprint density at radius 3 is 2.68 bits per heavy atom. The fraction of sp³-hybridized carbons (Fsp3) is 0.296. The predicted molar refractivity (Wildman–Crippen MR) is 125 cm³/mol. The second-order valence-electron chi connectivity index (χ2n) is 7.81. The van der Waals surface area contributed by atoms with Gasteiger partial charge in [0, 0.05) is 12.5 Å². The van der Waals surface area contributed by atoms with Crippen LogP contribution in [0.2, 0.25) is 0 Å². The Labute approximate surface area is 198 Å². The number of carbonyl (C=O) groups excluding carboxylic acids is 1. The van der Waals surface area contributed by atoms with E-state index in [1.54, 1.807) is 26.2 Å². The van der Waals surface area contributed by atoms with Crippen molar-refractivity contribution in [3.05, 3.63) is 72.0 Å². The van der Waals surface area contributed by atoms with Crippen LogP contribution in [0.1, 0.15) is 18.9 Å². The summed E-state index contributed by atoms with van der Waals surface area (Å²) in [5, 5.41) is 0. The van der Waals surface area contributed by atoms with E-state index in [9.17, 15) is 9.18 Å². The molecule has 0 saturated carbocycles. The summed E-state index contributed by atoms with van der Waals surface area (Å²) < 4.78 is 42.3. The summed E-state index contributed by atoms with van der Waals surface area (Å²) >= 11 is 0. The van der Waals surface area contributed by atoms with E-state index in [1.165, 1.54) is 6.07 Å². The SMILES string of the molecule is CCOC(=O)CCc1ccc(OCC2COc3ccc(-c4cccc(OC)c4)cc3O2)cc1F. The van der Waals surface area contributed by atoms with E-state index in [1.807, 2.05) is 42.5 Å². The van der Waals surface area contributed by atoms with Crippen LogP contribution in [0.4, 0.5) is 4.39 Å². The van der Waals surface area contributed by atoms with Gasteiger partial charge in [-0.1, -0.05) is 24.3 Å². The lowest BCUT2D eigenvalue weighted by Crippen LogP contribution is -2.34. The smallest absolute Gasteiger partial charge is 0.306 e. The van der Waals surface area contributed by atoms with E-state index in [0.717, 1.165) is 16.9 Å². The number of benzene rings is 3. The molecule has 4 rings (SSSR count). The van der Waals surface area contributed by atoms with Gasteiger partial charge in [0.15, 0.2) is 17.6 Å². The first-order valence-electron chi connectivity index (χ1n) is 11.2. The molecule has 0 saturated heterocycles. The number of fused-ring (bicyclic) bond motifs is 1. The predicted octanol–water partition coefficient (Wildman–Crippen LogP) is 5.22. The molecule has 1 atom stereocenters. The van der Waals surface area contributed by atoms with Gasteiger partial charge in [0.2, 0.25) is 0 Å². The van der Waals surface area contributed by atoms with Gasteiger partial charge < -0.3 is 23.7 Å². The van der Waals surface area contributed by atoms with E-state index in [2.05, 4.69) is 0 Å². The maximum atomic E-state index is 14.4. The first kappa shape index (κ1) is 23.4. The summed E-state index contributed by atoms with van der Waals surface area (Å²) in [7, 11) is 1.64. The van der Waals surface area contributed by atoms with Crippen molar-refractivity contribution in [2.45, 2.75) is 25.9 Å². The van der Waals surface area contributed by atoms with E-state index < -0.39 is 5.82 Å². The van der Waals surface area contributed by atoms with Crippen molar-refractivity contribution in [3.63, 3.8) is 0 Å². The minimum Gasteiger partial charge on any atom is -0.497 e. The zero-order chi connectivity index (χ0) is 23.9. The van der Waals surface area contributed by atoms with Crippen molar-refractivity contribution in [2.75, 3.05) is 26.9 Å². The zero-order valence-corrected chi connectivity index (χ0v) is 19.2. The molecule has 34 heavy (non-hydrogen) atoms. The fourth-order valence-electron chi connectivity index (χ4n) is 3.66. The molecule has 178 valence electrons. The molecular formula is C27H27FO6. The maximum absolute atomic E-state index is 14.4. The van der Waals surface area contributed by atoms with Gasteiger partial charge >= 0.3 is 5.97 Å². The van der Waals surface area contributed by atoms with Crippen molar-refractivity contribution < 1.29 is 32.9 Å². The minimum absolute atomic E-state index is 0.134. The molecule has 6 nitrogen and oxygen atoms in total. The second kappa shape index (κ2) is 10.9. The molecule has 0 fully saturated rings. The van der Waals surface area contributed by atoms with Gasteiger partial charge in [-0.15, -0.1) is 0 Å². The van der Waals surface area contributed by atoms with Crippen LogP contribution in [0.25, 0.3) is 11.1 Å². The van der Waals surface area contributed by atoms with Gasteiger partial charge in [-0.2, -0.15) is 0 Å². The number of carbonyl (C=O) groups is 1. The number of ether oxygens (including phenoxy) is 5. The largest absolute Gasteiger partial charge is 0.497 e. The third-order valence-electron chi connectivity index (χ3n) is 5.43. The van der Waals surface area contributed by atoms with Crippen LogP contribution >= 0.6 is 0 Å². The van der Waals surface area contributed by atoms with Crippen LogP contribution in [0.15, 0.2) is 60.7 Å². The van der Waals surface area contributed by atoms with Gasteiger partial charge in [0.05, 0.1) is 13.7 Å². The minimum atomic E-state index is -0.420. The van der Waals surface area contributed by atoms with Crippen LogP contribution in [-0.2, 0) is 16.0 Å². The Morgan fingerprint density at radius 1 is 1.03 bits per heavy atom. The molecule has 3 aromatic rings. The Morgan fingerprint density at radius 2 is 1.88 bits per heavy atom. The number of hydrogen-bond donors (Lipinski definition) is 0. The molecule has 0 N–H and O–H groups in total. The van der Waals surface area contributed by atoms with Gasteiger partial charge in [-0.05, 0) is 60.4 Å². The van der Waals surface area contributed by atoms with Gasteiger partial charge in [-0.25, -0.2) is 4.39 Å². The highest BCUT2D eigenvalue weighted by Crippen LogP contribution is 2.36. The Balaban J connectivity index is 1.36. The monoisotopic (exact) mass is 466 g/mol. The highest BCUT2D eigenvalue weighted by molar-refractivity contribution is 5.70. The van der Waals surface area contributed by atoms with Gasteiger partial charge in [0.1, 0.15) is 30.5 Å². The average Bonchev–Trinajstić information content (AvgIpc) is 2.86. The highest BCUT2D eigenvalue weighted by Gasteiger charge is 2.22. The molecule has 1 unspecified atom stereocenters. The molecule has 0 spiro atoms. The summed E-state index contributed by atoms with van der Waals surface area (Å²) in [6.45, 7) is 2.58. The van der Waals surface area contributed by atoms with Crippen molar-refractivity contribution in [1.29, 1.82) is 0 Å². The standard InChI is InChI=1S/C27H27FO6/c1-3-31-27(29)12-9-18-7-10-22(15-24(18)28)32-16-23-17-33-25-11-8-20(14-26(25)34-23)19-5-4-6-21(13-19)30-2/h4-8,10-11,13-15,23H,3,9,12,16-17H2,1-2H3. The summed E-state index contributed by atoms with van der Waals surface area (Å²) in [6, 6.07) is 18.2. The summed E-state index contributed by atoms with van der Waals surface area (Å²) in [5.74, 6) is 1.69. The molecule has 0 amide bonds. The van der Waals surface area contributed by atoms with Crippen LogP contribution < -0.4 is 18.9 Å². The second-order valence-corrected chi connectivity index (χ2v) is 7.81. The molecule has 0 aliphatic carbocycles. The first-order chi connectivity index (χ1) is 16.6. The van der Waals surface area contributed by atoms with Crippen LogP contribution in [0.5, 0.6) is 23.0 Å². The molecule has 1 heterocycles. The fourth-order valence-corrected chi connectivity index (χ4v) is 3.66. The van der Waals surface area contributed by atoms with E-state index in [-0.39, 0.29) is 31.5 Å². The Kier molecular flexibility index (Phi) is 7.52. The Hall–Kier alpha value is -3.74. The van der Waals surface area contributed by atoms with E-state index in [0.29, 0.717) is 36.0 Å². The molecule has 1 aliphatic rings. The number of aryl methyl sites for hydroxylation is 1. The van der Waals surface area contributed by atoms with Gasteiger partial charge in [0.25, 0.3) is 0 Å². The Bertz CT molecular complexity index is 1150. The van der Waals surface area contributed by atoms with Crippen molar-refractivity contribution in [1.82, 2.24) is 0 Å². The average molecular weight is 467 g/mol. The number of rotatable bonds is 9. The lowest BCUT2D eigenvalue weighted by molar-refractivity contribution is -0.143. The summed E-state index contributed by atoms with van der Waals surface area (Å²) in [5.41, 5.74) is 2.42. The number of hydrogen-bond acceptors (Lipinski definition) is 6. The highest BCUT2D eigenvalue weighted by atomic mass is 19.1. The molecule has 7 heteroatoms. The molecular weight excluding hydrogens is 439 g/mol. The lowest BCUT2D eigenvalue weighted by Gasteiger charge is -2.27. The van der Waals surface area contributed by atoms with Crippen molar-refractivity contribution >= 4 is 5.97 Å². The van der Waals surface area contributed by atoms with Gasteiger partial charge in [-0.3, -0.25) is 4.79 Å². The normalized spacial score (nSPS) is 14.4. The summed E-state index contributed by atoms with van der Waals surface area (Å²) in [4.78, 5) is 11.5. The summed E-state index contributed by atoms with van der Waals surface area (Å²) in [6.07, 6.45) is 0.0615. The molecule has 0 radical (unpaired) electrons. The third-order valence-corrected chi connectivity index (χ3v) is 5.43. The number of esters is 1. The van der Waals surface area contributed by atoms with E-state index >= 15 is 0 Å². The van der Waals surface area contributed by atoms with Crippen LogP contribution in [0, 0.1) is 5.82 Å². The molecule has 0 bridgehead atoms. The quantitative estimate of drug-likeness (QED) is 0.403. The first-order valence-corrected chi connectivity index (χ1v) is 11.2. The molecule has 3 aromatic carbocycles. The third kappa shape index (κ3) is 5.78. The van der Waals surface area contributed by atoms with Crippen LogP contribution in [0.3, 0.4) is 0 Å². The lowest BCUT2D eigenvalue weighted by atomic mass is 10.0. The molecule has 0 aromatic heterocycles. The van der Waals surface area contributed by atoms with E-state index in [4.69, 9.17) is 23.7 Å². The van der Waals surface area contributed by atoms with Crippen LogP contribution in [-0.4, -0.2) is 39.0 Å². The van der Waals surface area contributed by atoms with Crippen molar-refractivity contribution in [3.8, 4) is 34.1 Å². The number of halogens is 1. The maximum Gasteiger partial charge on any atom is 0.306 e. The molecule has 1 aliphatic heterocycles. The topological polar surface area (TPSA) is 63.2 Å². The zero-order valence-electron chi connectivity index (χ0n) is 19.2. The van der Waals surface area contributed by atoms with Crippen molar-refractivity contribution in [2.24, 2.45) is 0 Å².